The molecule has 1 aliphatic rings. The Hall–Kier alpha value is -1.68. The van der Waals surface area contributed by atoms with Crippen LogP contribution in [0.1, 0.15) is 27.7 Å². The number of hydrogen-bond acceptors (Lipinski definition) is 9. The first kappa shape index (κ1) is 20.4. The van der Waals surface area contributed by atoms with Gasteiger partial charge in [0, 0.05) is 27.7 Å². The molecule has 1 radical (unpaired) electrons. The summed E-state index contributed by atoms with van der Waals surface area (Å²) in [4.78, 5) is 45.1. The topological polar surface area (TPSA) is 114 Å². The molecule has 1 heterocycles. The predicted molar refractivity (Wildman–Crippen MR) is 80.3 cm³/mol. The zero-order chi connectivity index (χ0) is 18.4. The van der Waals surface area contributed by atoms with Gasteiger partial charge in [-0.15, -0.1) is 0 Å². The number of carbonyl (C=O) groups is 4. The third-order valence-corrected chi connectivity index (χ3v) is 3.46. The van der Waals surface area contributed by atoms with E-state index in [0.29, 0.717) is 0 Å². The van der Waals surface area contributed by atoms with E-state index >= 15 is 0 Å². The normalized spacial score (nSPS) is 27.0. The number of esters is 4. The molecule has 0 aliphatic carbocycles. The number of carbonyl (C=O) groups excluding carboxylic acids is 4. The van der Waals surface area contributed by atoms with Gasteiger partial charge in [-0.05, 0) is 15.9 Å². The van der Waals surface area contributed by atoms with Gasteiger partial charge in [0.05, 0.1) is 0 Å². The van der Waals surface area contributed by atoms with Crippen molar-refractivity contribution < 1.29 is 42.9 Å². The average molecular weight is 410 g/mol. The van der Waals surface area contributed by atoms with Crippen LogP contribution in [0, 0.1) is 5.01 Å². The Kier molecular flexibility index (Phi) is 7.61. The Morgan fingerprint density at radius 2 is 1.38 bits per heavy atom. The van der Waals surface area contributed by atoms with E-state index in [1.807, 2.05) is 0 Å². The van der Waals surface area contributed by atoms with Crippen molar-refractivity contribution in [3.63, 3.8) is 0 Å². The molecule has 0 saturated carbocycles. The maximum atomic E-state index is 11.4. The highest BCUT2D eigenvalue weighted by Crippen LogP contribution is 2.36. The molecule has 10 heteroatoms. The van der Waals surface area contributed by atoms with Crippen molar-refractivity contribution >= 4 is 39.8 Å². The molecule has 24 heavy (non-hydrogen) atoms. The molecular formula is C14H18BrO9. The summed E-state index contributed by atoms with van der Waals surface area (Å²) in [6.45, 7) is 4.42. The van der Waals surface area contributed by atoms with Crippen LogP contribution in [0.5, 0.6) is 0 Å². The maximum Gasteiger partial charge on any atom is 0.303 e. The van der Waals surface area contributed by atoms with Gasteiger partial charge in [0.15, 0.2) is 18.3 Å². The van der Waals surface area contributed by atoms with Crippen molar-refractivity contribution in [3.05, 3.63) is 5.01 Å². The number of ether oxygens (including phenoxy) is 5. The quantitative estimate of drug-likeness (QED) is 0.475. The molecule has 1 rings (SSSR count). The van der Waals surface area contributed by atoms with E-state index in [1.165, 1.54) is 6.92 Å². The number of halogens is 1. The maximum absolute atomic E-state index is 11.4. The summed E-state index contributed by atoms with van der Waals surface area (Å²) in [5.74, 6) is -2.57. The molecule has 1 aliphatic heterocycles. The van der Waals surface area contributed by atoms with E-state index < -0.39 is 48.3 Å². The van der Waals surface area contributed by atoms with Gasteiger partial charge in [-0.2, -0.15) is 0 Å². The third kappa shape index (κ3) is 6.08. The van der Waals surface area contributed by atoms with E-state index in [0.717, 1.165) is 20.8 Å². The Morgan fingerprint density at radius 3 is 1.83 bits per heavy atom. The summed E-state index contributed by atoms with van der Waals surface area (Å²) in [5, 5.41) is 0.0458. The van der Waals surface area contributed by atoms with Gasteiger partial charge in [-0.1, -0.05) is 0 Å². The van der Waals surface area contributed by atoms with Crippen molar-refractivity contribution in [1.29, 1.82) is 0 Å². The predicted octanol–water partition coefficient (Wildman–Crippen LogP) is 0.628. The van der Waals surface area contributed by atoms with Crippen LogP contribution >= 0.6 is 15.9 Å². The minimum absolute atomic E-state index is 0.0458. The molecule has 9 nitrogen and oxygen atoms in total. The van der Waals surface area contributed by atoms with Gasteiger partial charge < -0.3 is 23.7 Å². The summed E-state index contributed by atoms with van der Waals surface area (Å²) in [5.41, 5.74) is 0. The zero-order valence-corrected chi connectivity index (χ0v) is 15.2. The fraction of sp³-hybridized carbons (Fsp3) is 0.643. The minimum Gasteiger partial charge on any atom is -0.463 e. The lowest BCUT2D eigenvalue weighted by Crippen LogP contribution is -2.58. The Balaban J connectivity index is 3.11. The van der Waals surface area contributed by atoms with Crippen LogP contribution in [0.3, 0.4) is 0 Å². The van der Waals surface area contributed by atoms with E-state index in [2.05, 4.69) is 15.9 Å². The van der Waals surface area contributed by atoms with Crippen molar-refractivity contribution in [1.82, 2.24) is 0 Å². The van der Waals surface area contributed by atoms with Crippen molar-refractivity contribution in [2.45, 2.75) is 52.1 Å². The molecule has 0 aromatic heterocycles. The Labute approximate surface area is 147 Å². The Morgan fingerprint density at radius 1 is 0.875 bits per heavy atom. The van der Waals surface area contributed by atoms with Gasteiger partial charge >= 0.3 is 23.9 Å². The van der Waals surface area contributed by atoms with Crippen LogP contribution in [0.25, 0.3) is 0 Å². The van der Waals surface area contributed by atoms with Crippen molar-refractivity contribution in [2.24, 2.45) is 0 Å². The van der Waals surface area contributed by atoms with Crippen LogP contribution in [-0.2, 0) is 42.9 Å². The summed E-state index contributed by atoms with van der Waals surface area (Å²) >= 11 is 3.10. The molecule has 4 atom stereocenters. The first-order valence-corrected chi connectivity index (χ1v) is 7.75. The highest BCUT2D eigenvalue weighted by Gasteiger charge is 2.52. The monoisotopic (exact) mass is 409 g/mol. The second kappa shape index (κ2) is 8.97. The lowest BCUT2D eigenvalue weighted by Gasteiger charge is -2.42. The zero-order valence-electron chi connectivity index (χ0n) is 13.6. The van der Waals surface area contributed by atoms with Crippen molar-refractivity contribution in [2.75, 3.05) is 6.61 Å². The first-order valence-electron chi connectivity index (χ1n) is 6.95. The van der Waals surface area contributed by atoms with Gasteiger partial charge in [-0.25, -0.2) is 0 Å². The summed E-state index contributed by atoms with van der Waals surface area (Å²) in [7, 11) is 0. The SMILES string of the molecule is CC(=O)OC[C@H]1O[C](Br)[C@H](OC(C)=O)[C@@H](OC(C)=O)[C@@H]1OC(C)=O. The molecule has 0 amide bonds. The average Bonchev–Trinajstić information content (AvgIpc) is 2.42. The molecule has 0 N–H and O–H groups in total. The highest BCUT2D eigenvalue weighted by atomic mass is 79.9. The third-order valence-electron chi connectivity index (χ3n) is 2.82. The molecule has 0 spiro atoms. The Bertz CT molecular complexity index is 506. The minimum atomic E-state index is -1.17. The van der Waals surface area contributed by atoms with Gasteiger partial charge in [0.2, 0.25) is 5.01 Å². The highest BCUT2D eigenvalue weighted by molar-refractivity contribution is 9.11. The largest absolute Gasteiger partial charge is 0.463 e. The molecule has 0 unspecified atom stereocenters. The van der Waals surface area contributed by atoms with Gasteiger partial charge in [0.25, 0.3) is 0 Å². The lowest BCUT2D eigenvalue weighted by atomic mass is 9.99. The second-order valence-corrected chi connectivity index (χ2v) is 5.72. The van der Waals surface area contributed by atoms with E-state index in [4.69, 9.17) is 23.7 Å². The molecule has 1 fully saturated rings. The molecule has 135 valence electrons. The van der Waals surface area contributed by atoms with E-state index in [-0.39, 0.29) is 11.6 Å². The first-order chi connectivity index (χ1) is 11.1. The van der Waals surface area contributed by atoms with Crippen LogP contribution in [0.2, 0.25) is 0 Å². The van der Waals surface area contributed by atoms with Crippen molar-refractivity contribution in [3.8, 4) is 0 Å². The fourth-order valence-corrected chi connectivity index (χ4v) is 2.66. The number of rotatable bonds is 5. The lowest BCUT2D eigenvalue weighted by molar-refractivity contribution is -0.220. The van der Waals surface area contributed by atoms with Crippen LogP contribution in [0.15, 0.2) is 0 Å². The van der Waals surface area contributed by atoms with Crippen LogP contribution < -0.4 is 0 Å². The van der Waals surface area contributed by atoms with E-state index in [9.17, 15) is 19.2 Å². The smallest absolute Gasteiger partial charge is 0.303 e. The molecule has 0 aromatic carbocycles. The summed E-state index contributed by atoms with van der Waals surface area (Å²) in [6.07, 6.45) is -4.40. The summed E-state index contributed by atoms with van der Waals surface area (Å²) in [6, 6.07) is 0. The van der Waals surface area contributed by atoms with E-state index in [1.54, 1.807) is 0 Å². The molecule has 0 aromatic rings. The standard InChI is InChI=1S/C14H18BrO9/c1-6(16)20-5-10-11(21-7(2)17)12(22-8(3)18)13(14(15)24-10)23-9(4)19/h10-13H,5H2,1-4H3/t10-,11-,12+,13-/m1/s1. The summed E-state index contributed by atoms with van der Waals surface area (Å²) < 4.78 is 25.8. The molecular weight excluding hydrogens is 392 g/mol. The molecule has 0 bridgehead atoms. The fourth-order valence-electron chi connectivity index (χ4n) is 2.07. The van der Waals surface area contributed by atoms with Gasteiger partial charge in [-0.3, -0.25) is 19.2 Å². The van der Waals surface area contributed by atoms with Crippen LogP contribution in [0.4, 0.5) is 0 Å². The second-order valence-electron chi connectivity index (χ2n) is 4.94. The molecule has 1 saturated heterocycles. The van der Waals surface area contributed by atoms with Gasteiger partial charge in [0.1, 0.15) is 12.7 Å². The number of hydrogen-bond donors (Lipinski definition) is 0. The van der Waals surface area contributed by atoms with Crippen LogP contribution in [-0.4, -0.2) is 54.9 Å².